The maximum absolute atomic E-state index is 13.0. The van der Waals surface area contributed by atoms with E-state index in [9.17, 15) is 18.0 Å². The monoisotopic (exact) mass is 484 g/mol. The molecule has 2 aromatic rings. The Morgan fingerprint density at radius 3 is 2.79 bits per heavy atom. The molecule has 0 saturated carbocycles. The van der Waals surface area contributed by atoms with Gasteiger partial charge in [-0.2, -0.15) is 0 Å². The molecule has 0 saturated heterocycles. The molecule has 0 radical (unpaired) electrons. The number of benzene rings is 1. The molecule has 1 aliphatic rings. The number of sulfone groups is 1. The van der Waals surface area contributed by atoms with Gasteiger partial charge in [-0.05, 0) is 35.6 Å². The molecule has 2 amide bonds. The molecule has 0 bridgehead atoms. The minimum atomic E-state index is -3.73. The van der Waals surface area contributed by atoms with Crippen LogP contribution in [0.3, 0.4) is 0 Å². The summed E-state index contributed by atoms with van der Waals surface area (Å²) in [5, 5.41) is 4.66. The summed E-state index contributed by atoms with van der Waals surface area (Å²) in [5.74, 6) is -0.725. The van der Waals surface area contributed by atoms with Gasteiger partial charge in [-0.1, -0.05) is 28.9 Å². The summed E-state index contributed by atoms with van der Waals surface area (Å²) in [6, 6.07) is 7.18. The van der Waals surface area contributed by atoms with Crippen LogP contribution >= 0.6 is 27.3 Å². The summed E-state index contributed by atoms with van der Waals surface area (Å²) in [5.41, 5.74) is 1.30. The van der Waals surface area contributed by atoms with Gasteiger partial charge in [0, 0.05) is 28.7 Å². The Morgan fingerprint density at radius 2 is 2.11 bits per heavy atom. The van der Waals surface area contributed by atoms with E-state index in [0.29, 0.717) is 36.1 Å². The summed E-state index contributed by atoms with van der Waals surface area (Å²) in [6.45, 7) is 2.62. The first-order chi connectivity index (χ1) is 13.3. The molecule has 28 heavy (non-hydrogen) atoms. The van der Waals surface area contributed by atoms with Crippen LogP contribution in [0, 0.1) is 0 Å². The second-order valence-corrected chi connectivity index (χ2v) is 10.5. The highest BCUT2D eigenvalue weighted by atomic mass is 79.9. The number of rotatable bonds is 7. The van der Waals surface area contributed by atoms with Gasteiger partial charge < -0.3 is 10.2 Å². The van der Waals surface area contributed by atoms with Gasteiger partial charge in [-0.3, -0.25) is 9.59 Å². The van der Waals surface area contributed by atoms with Gasteiger partial charge in [0.15, 0.2) is 9.84 Å². The van der Waals surface area contributed by atoms with Crippen LogP contribution in [-0.4, -0.2) is 32.5 Å². The van der Waals surface area contributed by atoms with Crippen LogP contribution in [0.15, 0.2) is 39.0 Å². The highest BCUT2D eigenvalue weighted by Crippen LogP contribution is 2.38. The average Bonchev–Trinajstić information content (AvgIpc) is 3.33. The van der Waals surface area contributed by atoms with E-state index in [0.717, 1.165) is 10.4 Å². The Balaban J connectivity index is 1.76. The molecule has 9 heteroatoms. The smallest absolute Gasteiger partial charge is 0.226 e. The van der Waals surface area contributed by atoms with E-state index < -0.39 is 9.84 Å². The lowest BCUT2D eigenvalue weighted by Crippen LogP contribution is -2.30. The van der Waals surface area contributed by atoms with Crippen LogP contribution in [0.4, 0.5) is 5.69 Å². The van der Waals surface area contributed by atoms with Gasteiger partial charge in [-0.15, -0.1) is 11.3 Å². The second-order valence-electron chi connectivity index (χ2n) is 6.49. The van der Waals surface area contributed by atoms with Gasteiger partial charge in [0.25, 0.3) is 0 Å². The number of hydrogen-bond donors (Lipinski definition) is 1. The van der Waals surface area contributed by atoms with E-state index in [1.165, 1.54) is 17.4 Å². The highest BCUT2D eigenvalue weighted by Gasteiger charge is 2.32. The fourth-order valence-corrected chi connectivity index (χ4v) is 5.99. The molecule has 1 aromatic carbocycles. The zero-order valence-corrected chi connectivity index (χ0v) is 18.6. The van der Waals surface area contributed by atoms with E-state index >= 15 is 0 Å². The third kappa shape index (κ3) is 4.64. The van der Waals surface area contributed by atoms with Crippen molar-refractivity contribution in [3.8, 4) is 0 Å². The first kappa shape index (κ1) is 21.0. The molecule has 2 heterocycles. The first-order valence-corrected chi connectivity index (χ1v) is 12.3. The molecule has 6 nitrogen and oxygen atoms in total. The number of thiophene rings is 1. The summed E-state index contributed by atoms with van der Waals surface area (Å²) in [4.78, 5) is 27.0. The molecule has 0 spiro atoms. The third-order valence-corrected chi connectivity index (χ3v) is 7.63. The Hall–Kier alpha value is -1.71. The van der Waals surface area contributed by atoms with Crippen molar-refractivity contribution in [1.29, 1.82) is 0 Å². The van der Waals surface area contributed by atoms with Crippen LogP contribution < -0.4 is 10.2 Å². The van der Waals surface area contributed by atoms with Crippen molar-refractivity contribution in [2.24, 2.45) is 0 Å². The number of hydrogen-bond acceptors (Lipinski definition) is 5. The molecule has 0 atom stereocenters. The van der Waals surface area contributed by atoms with Gasteiger partial charge in [0.2, 0.25) is 11.8 Å². The molecule has 1 N–H and O–H groups in total. The number of amides is 2. The molecular weight excluding hydrogens is 464 g/mol. The Labute approximate surface area is 177 Å². The largest absolute Gasteiger partial charge is 0.351 e. The number of anilines is 1. The second kappa shape index (κ2) is 8.75. The lowest BCUT2D eigenvalue weighted by atomic mass is 10.2. The van der Waals surface area contributed by atoms with Crippen LogP contribution in [0.1, 0.15) is 30.2 Å². The van der Waals surface area contributed by atoms with Crippen molar-refractivity contribution in [2.45, 2.75) is 37.6 Å². The van der Waals surface area contributed by atoms with Gasteiger partial charge in [-0.25, -0.2) is 8.42 Å². The standard InChI is InChI=1S/C19H21BrN2O4S2/c1-2-18(24)22-7-5-13-10-14(20)11-16(19(13)22)28(25,26)9-6-17(23)21-12-15-4-3-8-27-15/h3-4,8,10-11H,2,5-7,9,12H2,1H3,(H,21,23). The quantitative estimate of drug-likeness (QED) is 0.653. The van der Waals surface area contributed by atoms with Crippen LogP contribution in [0.25, 0.3) is 0 Å². The van der Waals surface area contributed by atoms with E-state index in [1.54, 1.807) is 11.8 Å². The Kier molecular flexibility index (Phi) is 6.57. The Morgan fingerprint density at radius 1 is 1.32 bits per heavy atom. The normalized spacial score (nSPS) is 13.4. The van der Waals surface area contributed by atoms with Crippen molar-refractivity contribution in [1.82, 2.24) is 5.32 Å². The van der Waals surface area contributed by atoms with Gasteiger partial charge in [0.05, 0.1) is 22.9 Å². The van der Waals surface area contributed by atoms with Crippen LogP contribution in [0.5, 0.6) is 0 Å². The SMILES string of the molecule is CCC(=O)N1CCc2cc(Br)cc(S(=O)(=O)CCC(=O)NCc3cccs3)c21. The number of halogens is 1. The molecular formula is C19H21BrN2O4S2. The first-order valence-electron chi connectivity index (χ1n) is 8.96. The lowest BCUT2D eigenvalue weighted by Gasteiger charge is -2.20. The van der Waals surface area contributed by atoms with Crippen molar-refractivity contribution in [3.63, 3.8) is 0 Å². The maximum atomic E-state index is 13.0. The van der Waals surface area contributed by atoms with E-state index in [4.69, 9.17) is 0 Å². The molecule has 0 aliphatic carbocycles. The topological polar surface area (TPSA) is 83.6 Å². The maximum Gasteiger partial charge on any atom is 0.226 e. The van der Waals surface area contributed by atoms with Gasteiger partial charge in [0.1, 0.15) is 0 Å². The fourth-order valence-electron chi connectivity index (χ4n) is 3.17. The van der Waals surface area contributed by atoms with Crippen molar-refractivity contribution < 1.29 is 18.0 Å². The Bertz CT molecular complexity index is 988. The zero-order valence-electron chi connectivity index (χ0n) is 15.4. The summed E-state index contributed by atoms with van der Waals surface area (Å²) < 4.78 is 26.7. The number of carbonyl (C=O) groups excluding carboxylic acids is 2. The summed E-state index contributed by atoms with van der Waals surface area (Å²) >= 11 is 4.89. The minimum Gasteiger partial charge on any atom is -0.351 e. The average molecular weight is 485 g/mol. The fraction of sp³-hybridized carbons (Fsp3) is 0.368. The van der Waals surface area contributed by atoms with E-state index in [2.05, 4.69) is 21.2 Å². The van der Waals surface area contributed by atoms with Gasteiger partial charge >= 0.3 is 0 Å². The highest BCUT2D eigenvalue weighted by molar-refractivity contribution is 9.10. The van der Waals surface area contributed by atoms with Crippen molar-refractivity contribution in [3.05, 3.63) is 44.6 Å². The predicted octanol–water partition coefficient (Wildman–Crippen LogP) is 3.29. The molecule has 1 aromatic heterocycles. The molecule has 0 unspecified atom stereocenters. The predicted molar refractivity (Wildman–Crippen MR) is 113 cm³/mol. The number of fused-ring (bicyclic) bond motifs is 1. The molecule has 150 valence electrons. The minimum absolute atomic E-state index is 0.105. The summed E-state index contributed by atoms with van der Waals surface area (Å²) in [7, 11) is -3.73. The number of nitrogens with one attached hydrogen (secondary N) is 1. The molecule has 0 fully saturated rings. The summed E-state index contributed by atoms with van der Waals surface area (Å²) in [6.07, 6.45) is 0.793. The van der Waals surface area contributed by atoms with E-state index in [1.807, 2.05) is 23.6 Å². The van der Waals surface area contributed by atoms with Crippen LogP contribution in [0.2, 0.25) is 0 Å². The van der Waals surface area contributed by atoms with Crippen LogP contribution in [-0.2, 0) is 32.4 Å². The molecule has 1 aliphatic heterocycles. The zero-order chi connectivity index (χ0) is 20.3. The van der Waals surface area contributed by atoms with E-state index in [-0.39, 0.29) is 28.9 Å². The van der Waals surface area contributed by atoms with Crippen molar-refractivity contribution in [2.75, 3.05) is 17.2 Å². The third-order valence-electron chi connectivity index (χ3n) is 4.57. The number of carbonyl (C=O) groups is 2. The molecule has 3 rings (SSSR count). The van der Waals surface area contributed by atoms with Crippen molar-refractivity contribution >= 4 is 54.6 Å². The lowest BCUT2D eigenvalue weighted by molar-refractivity contribution is -0.121. The number of nitrogens with zero attached hydrogens (tertiary/aromatic N) is 1.